The third-order valence-electron chi connectivity index (χ3n) is 14.2. The minimum Gasteiger partial charge on any atom is -0.490 e. The summed E-state index contributed by atoms with van der Waals surface area (Å²) in [6, 6.07) is 12.3. The monoisotopic (exact) mass is 748 g/mol. The fourth-order valence-corrected chi connectivity index (χ4v) is 12.7. The highest BCUT2D eigenvalue weighted by Gasteiger charge is 2.67. The van der Waals surface area contributed by atoms with Crippen LogP contribution in [0.3, 0.4) is 0 Å². The third kappa shape index (κ3) is 6.09. The second-order valence-electron chi connectivity index (χ2n) is 17.3. The number of benzene rings is 2. The largest absolute Gasteiger partial charge is 0.490 e. The lowest BCUT2D eigenvalue weighted by Crippen LogP contribution is -2.69. The molecule has 8 aliphatic rings. The molecule has 5 atom stereocenters. The number of piperazine rings is 1. The van der Waals surface area contributed by atoms with Crippen molar-refractivity contribution in [3.05, 3.63) is 70.3 Å². The van der Waals surface area contributed by atoms with E-state index in [-0.39, 0.29) is 10.8 Å². The van der Waals surface area contributed by atoms with Crippen molar-refractivity contribution >= 4 is 33.2 Å². The topological polar surface area (TPSA) is 91.4 Å². The fourth-order valence-electron chi connectivity index (χ4n) is 11.4. The summed E-state index contributed by atoms with van der Waals surface area (Å²) < 4.78 is 42.1. The third-order valence-corrected chi connectivity index (χ3v) is 16.2. The number of anilines is 1. The van der Waals surface area contributed by atoms with Crippen LogP contribution in [0.5, 0.6) is 5.75 Å². The van der Waals surface area contributed by atoms with Gasteiger partial charge in [0.15, 0.2) is 0 Å². The Morgan fingerprint density at radius 3 is 2.75 bits per heavy atom. The second-order valence-corrected chi connectivity index (χ2v) is 19.7. The molecule has 4 aliphatic carbocycles. The number of halogens is 1. The second kappa shape index (κ2) is 13.3. The van der Waals surface area contributed by atoms with Gasteiger partial charge in [-0.05, 0) is 123 Å². The van der Waals surface area contributed by atoms with E-state index in [0.29, 0.717) is 42.0 Å². The average Bonchev–Trinajstić information content (AvgIpc) is 3.25. The summed E-state index contributed by atoms with van der Waals surface area (Å²) >= 11 is 6.52. The van der Waals surface area contributed by atoms with Crippen LogP contribution < -0.4 is 14.4 Å². The van der Waals surface area contributed by atoms with Gasteiger partial charge in [0, 0.05) is 67.9 Å². The zero-order chi connectivity index (χ0) is 35.8. The first-order chi connectivity index (χ1) is 25.0. The number of sulfonamides is 1. The van der Waals surface area contributed by atoms with E-state index in [1.807, 2.05) is 18.2 Å². The summed E-state index contributed by atoms with van der Waals surface area (Å²) in [6.45, 7) is 15.1. The molecular weight excluding hydrogens is 696 g/mol. The zero-order valence-electron chi connectivity index (χ0n) is 30.5. The highest BCUT2D eigenvalue weighted by molar-refractivity contribution is 7.90. The SMILES string of the molecule is C=C1CCC[C@@H](CN2CCN3CCOC[C@H]3C2)[C@@H]2C3CC2(C3)CN2C[C@@]3(CCCc4cc(Cl)ccc43)COc3ccc(cc32)C(=O)NS(=O)(=O)[C@@H]1C. The molecule has 9 nitrogen and oxygen atoms in total. The molecule has 4 heterocycles. The van der Waals surface area contributed by atoms with E-state index in [1.54, 1.807) is 13.0 Å². The lowest BCUT2D eigenvalue weighted by atomic mass is 9.34. The highest BCUT2D eigenvalue weighted by atomic mass is 35.5. The van der Waals surface area contributed by atoms with Crippen LogP contribution in [0.1, 0.15) is 73.4 Å². The van der Waals surface area contributed by atoms with Crippen LogP contribution in [0.25, 0.3) is 0 Å². The van der Waals surface area contributed by atoms with E-state index >= 15 is 0 Å². The summed E-state index contributed by atoms with van der Waals surface area (Å²) in [5, 5.41) is -0.103. The first-order valence-electron chi connectivity index (χ1n) is 19.6. The van der Waals surface area contributed by atoms with Gasteiger partial charge in [-0.3, -0.25) is 9.69 Å². The van der Waals surface area contributed by atoms with Crippen LogP contribution >= 0.6 is 11.6 Å². The number of carbonyl (C=O) groups is 1. The molecule has 1 amide bonds. The molecule has 1 N–H and O–H groups in total. The summed E-state index contributed by atoms with van der Waals surface area (Å²) in [5.41, 5.74) is 4.48. The summed E-state index contributed by atoms with van der Waals surface area (Å²) in [5.74, 6) is 2.02. The number of amides is 1. The van der Waals surface area contributed by atoms with Crippen LogP contribution in [0.2, 0.25) is 5.02 Å². The van der Waals surface area contributed by atoms with Gasteiger partial charge >= 0.3 is 0 Å². The van der Waals surface area contributed by atoms with Gasteiger partial charge in [-0.25, -0.2) is 13.1 Å². The molecule has 4 bridgehead atoms. The van der Waals surface area contributed by atoms with E-state index < -0.39 is 21.2 Å². The minimum absolute atomic E-state index is 0.203. The van der Waals surface area contributed by atoms with Crippen molar-refractivity contribution in [3.8, 4) is 5.75 Å². The molecule has 280 valence electrons. The molecule has 0 radical (unpaired) electrons. The molecule has 2 aromatic rings. The van der Waals surface area contributed by atoms with Crippen LogP contribution in [-0.4, -0.2) is 101 Å². The number of fused-ring (bicyclic) bond motifs is 4. The van der Waals surface area contributed by atoms with Crippen molar-refractivity contribution in [2.24, 2.45) is 23.2 Å². The smallest absolute Gasteiger partial charge is 0.264 e. The Hall–Kier alpha value is -2.63. The average molecular weight is 749 g/mol. The Morgan fingerprint density at radius 1 is 1.06 bits per heavy atom. The zero-order valence-corrected chi connectivity index (χ0v) is 32.0. The number of carbonyl (C=O) groups excluding carboxylic acids is 1. The van der Waals surface area contributed by atoms with Gasteiger partial charge in [-0.2, -0.15) is 0 Å². The normalized spacial score (nSPS) is 36.2. The number of rotatable bonds is 2. The molecule has 52 heavy (non-hydrogen) atoms. The Balaban J connectivity index is 1.08. The summed E-state index contributed by atoms with van der Waals surface area (Å²) in [7, 11) is -3.98. The maximum atomic E-state index is 13.7. The van der Waals surface area contributed by atoms with E-state index in [9.17, 15) is 13.2 Å². The van der Waals surface area contributed by atoms with E-state index in [0.717, 1.165) is 114 Å². The standard InChI is InChI=1S/C41H53ClN4O5S/c1-27-5-3-6-31(21-44-13-14-45-15-16-50-23-34(45)22-44)38-32-19-41(38,20-32)25-46-24-40(12-4-7-29-17-33(42)9-10-35(29)40)26-51-37-11-8-30(18-36(37)46)39(47)43-52(48,49)28(27)2/h8-11,17-18,28,31-32,34,38H,1,3-7,12-16,19-26H2,2H3,(H,43,47)/t28-,31+,32?,34-,38-,40+,41?/m1/s1. The molecule has 0 unspecified atom stereocenters. The van der Waals surface area contributed by atoms with Crippen LogP contribution in [0, 0.1) is 23.2 Å². The molecule has 4 aliphatic heterocycles. The molecule has 0 aromatic heterocycles. The van der Waals surface area contributed by atoms with Gasteiger partial charge in [0.2, 0.25) is 10.0 Å². The Labute approximate surface area is 314 Å². The van der Waals surface area contributed by atoms with E-state index in [2.05, 4.69) is 38.1 Å². The first kappa shape index (κ1) is 35.1. The quantitative estimate of drug-likeness (QED) is 0.394. The van der Waals surface area contributed by atoms with Crippen molar-refractivity contribution in [1.82, 2.24) is 14.5 Å². The number of nitrogens with one attached hydrogen (secondary N) is 1. The number of nitrogens with zero attached hydrogens (tertiary/aromatic N) is 3. The maximum Gasteiger partial charge on any atom is 0.264 e. The van der Waals surface area contributed by atoms with Gasteiger partial charge in [-0.15, -0.1) is 0 Å². The lowest BCUT2D eigenvalue weighted by Gasteiger charge is -2.72. The van der Waals surface area contributed by atoms with Gasteiger partial charge < -0.3 is 19.3 Å². The summed E-state index contributed by atoms with van der Waals surface area (Å²) in [4.78, 5) is 21.5. The molecule has 3 saturated carbocycles. The van der Waals surface area contributed by atoms with Crippen molar-refractivity contribution < 1.29 is 22.7 Å². The number of aryl methyl sites for hydroxylation is 1. The molecule has 5 fully saturated rings. The first-order valence-corrected chi connectivity index (χ1v) is 21.5. The Morgan fingerprint density at radius 2 is 1.92 bits per heavy atom. The van der Waals surface area contributed by atoms with Gasteiger partial charge in [0.05, 0.1) is 30.8 Å². The highest BCUT2D eigenvalue weighted by Crippen LogP contribution is 2.72. The predicted octanol–water partition coefficient (Wildman–Crippen LogP) is 5.66. The summed E-state index contributed by atoms with van der Waals surface area (Å²) in [6.07, 6.45) is 8.14. The van der Waals surface area contributed by atoms with E-state index in [1.165, 1.54) is 24.0 Å². The molecule has 2 saturated heterocycles. The van der Waals surface area contributed by atoms with Crippen molar-refractivity contribution in [1.29, 1.82) is 0 Å². The van der Waals surface area contributed by atoms with Gasteiger partial charge in [0.25, 0.3) is 5.91 Å². The Bertz CT molecular complexity index is 1860. The van der Waals surface area contributed by atoms with E-state index in [4.69, 9.17) is 21.1 Å². The van der Waals surface area contributed by atoms with Crippen LogP contribution in [-0.2, 0) is 26.6 Å². The molecule has 2 spiro atoms. The van der Waals surface area contributed by atoms with Crippen LogP contribution in [0.15, 0.2) is 48.6 Å². The maximum absolute atomic E-state index is 13.7. The van der Waals surface area contributed by atoms with Crippen molar-refractivity contribution in [2.75, 3.05) is 70.5 Å². The number of hydrogen-bond donors (Lipinski definition) is 1. The minimum atomic E-state index is -3.98. The molecule has 10 rings (SSSR count). The van der Waals surface area contributed by atoms with Gasteiger partial charge in [-0.1, -0.05) is 29.8 Å². The lowest BCUT2D eigenvalue weighted by molar-refractivity contribution is -0.214. The van der Waals surface area contributed by atoms with Crippen LogP contribution in [0.4, 0.5) is 5.69 Å². The number of hydrogen-bond acceptors (Lipinski definition) is 8. The number of ether oxygens (including phenoxy) is 2. The number of morpholine rings is 1. The molecular formula is C41H53ClN4O5S. The fraction of sp³-hybridized carbons (Fsp3) is 0.634. The van der Waals surface area contributed by atoms with Crippen molar-refractivity contribution in [2.45, 2.75) is 75.0 Å². The molecule has 2 aromatic carbocycles. The Kier molecular flexibility index (Phi) is 8.97. The predicted molar refractivity (Wildman–Crippen MR) is 204 cm³/mol. The van der Waals surface area contributed by atoms with Crippen molar-refractivity contribution in [3.63, 3.8) is 0 Å². The van der Waals surface area contributed by atoms with Gasteiger partial charge in [0.1, 0.15) is 5.75 Å². The molecule has 11 heteroatoms.